The van der Waals surface area contributed by atoms with Crippen LogP contribution >= 0.6 is 0 Å². The molecule has 1 aromatic carbocycles. The first-order valence-corrected chi connectivity index (χ1v) is 7.61. The maximum atomic E-state index is 12.5. The quantitative estimate of drug-likeness (QED) is 0.842. The van der Waals surface area contributed by atoms with E-state index in [1.165, 1.54) is 6.08 Å². The van der Waals surface area contributed by atoms with Crippen LogP contribution < -0.4 is 0 Å². The maximum absolute atomic E-state index is 12.5. The molecule has 3 nitrogen and oxygen atoms in total. The van der Waals surface area contributed by atoms with E-state index in [1.54, 1.807) is 36.4 Å². The van der Waals surface area contributed by atoms with Gasteiger partial charge in [0.1, 0.15) is 5.25 Å². The normalized spacial score (nSPS) is 24.2. The molecule has 1 aliphatic carbocycles. The first-order chi connectivity index (χ1) is 8.57. The van der Waals surface area contributed by atoms with Crippen molar-refractivity contribution in [2.75, 3.05) is 0 Å². The number of carbonyl (C=O) groups excluding carboxylic acids is 1. The lowest BCUT2D eigenvalue weighted by Crippen LogP contribution is -2.38. The number of carbonyl (C=O) groups is 1. The molecule has 2 atom stereocenters. The molecule has 1 aromatic rings. The molecule has 18 heavy (non-hydrogen) atoms. The molecule has 0 spiro atoms. The van der Waals surface area contributed by atoms with Gasteiger partial charge >= 0.3 is 0 Å². The fourth-order valence-corrected chi connectivity index (χ4v) is 4.38. The van der Waals surface area contributed by atoms with E-state index in [2.05, 4.69) is 0 Å². The van der Waals surface area contributed by atoms with Crippen LogP contribution in [-0.2, 0) is 14.6 Å². The van der Waals surface area contributed by atoms with Gasteiger partial charge in [-0.15, -0.1) is 0 Å². The molecular weight excluding hydrogens is 248 g/mol. The van der Waals surface area contributed by atoms with Gasteiger partial charge in [-0.1, -0.05) is 37.6 Å². The van der Waals surface area contributed by atoms with Gasteiger partial charge < -0.3 is 0 Å². The van der Waals surface area contributed by atoms with Gasteiger partial charge in [0.25, 0.3) is 0 Å². The van der Waals surface area contributed by atoms with Gasteiger partial charge in [-0.05, 0) is 30.5 Å². The Balaban J connectivity index is 2.46. The zero-order valence-corrected chi connectivity index (χ0v) is 11.1. The molecule has 0 fully saturated rings. The average molecular weight is 264 g/mol. The SMILES string of the molecule is CC[C@@H]1CC=CC(=O)[C@H]1S(=O)(=O)c1ccccc1. The van der Waals surface area contributed by atoms with Gasteiger partial charge in [0.05, 0.1) is 4.90 Å². The molecule has 0 amide bonds. The maximum Gasteiger partial charge on any atom is 0.188 e. The Morgan fingerprint density at radius 3 is 2.50 bits per heavy atom. The van der Waals surface area contributed by atoms with Gasteiger partial charge in [-0.2, -0.15) is 0 Å². The van der Waals surface area contributed by atoms with Crippen LogP contribution in [0.4, 0.5) is 0 Å². The van der Waals surface area contributed by atoms with Crippen LogP contribution in [0, 0.1) is 5.92 Å². The van der Waals surface area contributed by atoms with Crippen LogP contribution in [0.3, 0.4) is 0 Å². The minimum atomic E-state index is -3.57. The Bertz CT molecular complexity index is 558. The van der Waals surface area contributed by atoms with Gasteiger partial charge in [0.15, 0.2) is 15.6 Å². The highest BCUT2D eigenvalue weighted by Crippen LogP contribution is 2.29. The third-order valence-electron chi connectivity index (χ3n) is 3.36. The molecule has 0 saturated heterocycles. The lowest BCUT2D eigenvalue weighted by atomic mass is 9.91. The Labute approximate surface area is 107 Å². The highest BCUT2D eigenvalue weighted by atomic mass is 32.2. The van der Waals surface area contributed by atoms with E-state index in [4.69, 9.17) is 0 Å². The topological polar surface area (TPSA) is 51.2 Å². The van der Waals surface area contributed by atoms with E-state index in [0.717, 1.165) is 0 Å². The molecule has 0 N–H and O–H groups in total. The summed E-state index contributed by atoms with van der Waals surface area (Å²) >= 11 is 0. The Morgan fingerprint density at radius 1 is 1.22 bits per heavy atom. The number of rotatable bonds is 3. The van der Waals surface area contributed by atoms with Crippen LogP contribution in [0.1, 0.15) is 19.8 Å². The zero-order chi connectivity index (χ0) is 13.2. The van der Waals surface area contributed by atoms with E-state index in [9.17, 15) is 13.2 Å². The standard InChI is InChI=1S/C14H16O3S/c1-2-11-7-6-10-13(15)14(11)18(16,17)12-8-4-3-5-9-12/h3-6,8-11,14H,2,7H2,1H3/t11-,14+/m1/s1. The fraction of sp³-hybridized carbons (Fsp3) is 0.357. The second-order valence-corrected chi connectivity index (χ2v) is 6.56. The van der Waals surface area contributed by atoms with Crippen molar-refractivity contribution < 1.29 is 13.2 Å². The zero-order valence-electron chi connectivity index (χ0n) is 10.2. The number of sulfone groups is 1. The first kappa shape index (κ1) is 13.0. The third-order valence-corrected chi connectivity index (χ3v) is 5.57. The summed E-state index contributed by atoms with van der Waals surface area (Å²) in [4.78, 5) is 12.2. The van der Waals surface area contributed by atoms with Gasteiger partial charge in [0, 0.05) is 0 Å². The largest absolute Gasteiger partial charge is 0.293 e. The molecule has 2 rings (SSSR count). The van der Waals surface area contributed by atoms with Crippen molar-refractivity contribution >= 4 is 15.6 Å². The minimum Gasteiger partial charge on any atom is -0.293 e. The minimum absolute atomic E-state index is 0.118. The first-order valence-electron chi connectivity index (χ1n) is 6.06. The lowest BCUT2D eigenvalue weighted by Gasteiger charge is -2.26. The molecule has 0 bridgehead atoms. The molecular formula is C14H16O3S. The highest BCUT2D eigenvalue weighted by Gasteiger charge is 2.39. The molecule has 1 aliphatic rings. The number of benzene rings is 1. The van der Waals surface area contributed by atoms with E-state index >= 15 is 0 Å². The smallest absolute Gasteiger partial charge is 0.188 e. The number of hydrogen-bond acceptors (Lipinski definition) is 3. The summed E-state index contributed by atoms with van der Waals surface area (Å²) in [5.74, 6) is -0.412. The molecule has 4 heteroatoms. The van der Waals surface area contributed by atoms with E-state index < -0.39 is 15.1 Å². The van der Waals surface area contributed by atoms with Crippen molar-refractivity contribution in [2.24, 2.45) is 5.92 Å². The highest BCUT2D eigenvalue weighted by molar-refractivity contribution is 7.92. The van der Waals surface area contributed by atoms with Crippen LogP contribution in [0.15, 0.2) is 47.4 Å². The van der Waals surface area contributed by atoms with E-state index in [-0.39, 0.29) is 16.6 Å². The monoisotopic (exact) mass is 264 g/mol. The summed E-state index contributed by atoms with van der Waals surface area (Å²) in [7, 11) is -3.57. The summed E-state index contributed by atoms with van der Waals surface area (Å²) in [6, 6.07) is 8.22. The van der Waals surface area contributed by atoms with Crippen molar-refractivity contribution in [3.05, 3.63) is 42.5 Å². The molecule has 96 valence electrons. The summed E-state index contributed by atoms with van der Waals surface area (Å²) in [5.41, 5.74) is 0. The number of hydrogen-bond donors (Lipinski definition) is 0. The summed E-state index contributed by atoms with van der Waals surface area (Å²) in [6.07, 6.45) is 4.51. The van der Waals surface area contributed by atoms with Crippen molar-refractivity contribution in [1.82, 2.24) is 0 Å². The van der Waals surface area contributed by atoms with E-state index in [0.29, 0.717) is 12.8 Å². The van der Waals surface area contributed by atoms with Crippen molar-refractivity contribution in [2.45, 2.75) is 29.9 Å². The second kappa shape index (κ2) is 5.06. The Hall–Kier alpha value is -1.42. The van der Waals surface area contributed by atoms with Crippen molar-refractivity contribution in [3.8, 4) is 0 Å². The summed E-state index contributed by atoms with van der Waals surface area (Å²) < 4.78 is 25.0. The molecule has 0 aliphatic heterocycles. The van der Waals surface area contributed by atoms with Crippen molar-refractivity contribution in [3.63, 3.8) is 0 Å². The van der Waals surface area contributed by atoms with Crippen LogP contribution in [0.25, 0.3) is 0 Å². The molecule has 0 radical (unpaired) electrons. The predicted octanol–water partition coefficient (Wildman–Crippen LogP) is 2.38. The molecule has 0 heterocycles. The van der Waals surface area contributed by atoms with Crippen molar-refractivity contribution in [1.29, 1.82) is 0 Å². The van der Waals surface area contributed by atoms with Gasteiger partial charge in [-0.3, -0.25) is 4.79 Å². The predicted molar refractivity (Wildman–Crippen MR) is 70.0 cm³/mol. The molecule has 0 unspecified atom stereocenters. The molecule has 0 aromatic heterocycles. The Kier molecular flexibility index (Phi) is 3.66. The summed E-state index contributed by atoms with van der Waals surface area (Å²) in [5, 5.41) is -0.921. The molecule has 0 saturated carbocycles. The van der Waals surface area contributed by atoms with E-state index in [1.807, 2.05) is 6.92 Å². The van der Waals surface area contributed by atoms with Crippen LogP contribution in [-0.4, -0.2) is 19.5 Å². The van der Waals surface area contributed by atoms with Gasteiger partial charge in [0.2, 0.25) is 0 Å². The van der Waals surface area contributed by atoms with Crippen LogP contribution in [0.5, 0.6) is 0 Å². The Morgan fingerprint density at radius 2 is 1.89 bits per heavy atom. The van der Waals surface area contributed by atoms with Crippen LogP contribution in [0.2, 0.25) is 0 Å². The van der Waals surface area contributed by atoms with Gasteiger partial charge in [-0.25, -0.2) is 8.42 Å². The third kappa shape index (κ3) is 2.25. The number of ketones is 1. The fourth-order valence-electron chi connectivity index (χ4n) is 2.35. The second-order valence-electron chi connectivity index (χ2n) is 4.49. The number of allylic oxidation sites excluding steroid dienone is 2. The summed E-state index contributed by atoms with van der Waals surface area (Å²) in [6.45, 7) is 1.92. The lowest BCUT2D eigenvalue weighted by molar-refractivity contribution is -0.115. The average Bonchev–Trinajstić information content (AvgIpc) is 2.39.